The summed E-state index contributed by atoms with van der Waals surface area (Å²) in [5.74, 6) is 8.10. The van der Waals surface area contributed by atoms with Crippen LogP contribution in [-0.4, -0.2) is 0 Å². The van der Waals surface area contributed by atoms with Crippen LogP contribution in [0.15, 0.2) is 0 Å². The lowest BCUT2D eigenvalue weighted by molar-refractivity contribution is 0.235. The van der Waals surface area contributed by atoms with Gasteiger partial charge in [0.05, 0.1) is 0 Å². The molecule has 0 radical (unpaired) electrons. The van der Waals surface area contributed by atoms with Crippen LogP contribution in [0.3, 0.4) is 0 Å². The summed E-state index contributed by atoms with van der Waals surface area (Å²) < 4.78 is 0. The van der Waals surface area contributed by atoms with Gasteiger partial charge in [0.15, 0.2) is 0 Å². The first-order valence-electron chi connectivity index (χ1n) is 14.2. The Kier molecular flexibility index (Phi) is 14.7. The van der Waals surface area contributed by atoms with Gasteiger partial charge >= 0.3 is 0 Å². The monoisotopic (exact) mass is 420 g/mol. The molecule has 0 heterocycles. The van der Waals surface area contributed by atoms with Gasteiger partial charge in [0.1, 0.15) is 0 Å². The molecule has 0 spiro atoms. The van der Waals surface area contributed by atoms with Gasteiger partial charge < -0.3 is 0 Å². The largest absolute Gasteiger partial charge is 0.0625 e. The number of hydrogen-bond acceptors (Lipinski definition) is 0. The lowest BCUT2D eigenvalue weighted by Crippen LogP contribution is -2.16. The summed E-state index contributed by atoms with van der Waals surface area (Å²) in [5.41, 5.74) is 0. The zero-order chi connectivity index (χ0) is 22.5. The van der Waals surface area contributed by atoms with E-state index < -0.39 is 0 Å². The smallest absolute Gasteiger partial charge is 0.0391 e. The summed E-state index contributed by atoms with van der Waals surface area (Å²) in [4.78, 5) is 0. The lowest BCUT2D eigenvalue weighted by atomic mass is 9.78. The van der Waals surface area contributed by atoms with Crippen LogP contribution in [0.1, 0.15) is 145 Å². The minimum atomic E-state index is 0.935. The molecule has 0 heteroatoms. The molecule has 0 unspecified atom stereocenters. The summed E-state index contributed by atoms with van der Waals surface area (Å²) >= 11 is 0. The number of rotatable bonds is 4. The second kappa shape index (κ2) is 15.7. The molecule has 4 aliphatic rings. The molecule has 0 aromatic rings. The van der Waals surface area contributed by atoms with Crippen molar-refractivity contribution in [3.8, 4) is 0 Å². The van der Waals surface area contributed by atoms with Crippen molar-refractivity contribution < 1.29 is 0 Å². The van der Waals surface area contributed by atoms with E-state index >= 15 is 0 Å². The highest BCUT2D eigenvalue weighted by Crippen LogP contribution is 2.36. The Morgan fingerprint density at radius 1 is 0.300 bits per heavy atom. The van der Waals surface area contributed by atoms with Crippen molar-refractivity contribution in [3.05, 3.63) is 0 Å². The van der Waals surface area contributed by atoms with Gasteiger partial charge in [-0.1, -0.05) is 132 Å². The molecule has 0 aromatic carbocycles. The fourth-order valence-corrected chi connectivity index (χ4v) is 5.29. The van der Waals surface area contributed by atoms with Gasteiger partial charge in [0.25, 0.3) is 0 Å². The molecule has 0 N–H and O–H groups in total. The maximum atomic E-state index is 2.36. The first-order chi connectivity index (χ1) is 14.2. The first-order valence-corrected chi connectivity index (χ1v) is 14.2. The quantitative estimate of drug-likeness (QED) is 0.424. The van der Waals surface area contributed by atoms with Crippen LogP contribution in [-0.2, 0) is 0 Å². The van der Waals surface area contributed by atoms with Crippen molar-refractivity contribution >= 4 is 0 Å². The SMILES string of the molecule is CC(C)C1CC1.CC(C)C1CCC1.CC(C)C1CCCC1.CC(C)C1CCCCC1. The van der Waals surface area contributed by atoms with Crippen LogP contribution < -0.4 is 0 Å². The van der Waals surface area contributed by atoms with Crippen LogP contribution in [0.4, 0.5) is 0 Å². The summed E-state index contributed by atoms with van der Waals surface area (Å²) in [6.45, 7) is 18.7. The van der Waals surface area contributed by atoms with Crippen molar-refractivity contribution in [2.45, 2.75) is 145 Å². The van der Waals surface area contributed by atoms with Gasteiger partial charge in [-0.3, -0.25) is 0 Å². The third kappa shape index (κ3) is 12.8. The Bertz CT molecular complexity index is 371. The molecule has 0 nitrogen and oxygen atoms in total. The van der Waals surface area contributed by atoms with Crippen LogP contribution in [0.25, 0.3) is 0 Å². The van der Waals surface area contributed by atoms with E-state index in [1.54, 1.807) is 0 Å². The van der Waals surface area contributed by atoms with E-state index in [4.69, 9.17) is 0 Å². The molecule has 0 aromatic heterocycles. The van der Waals surface area contributed by atoms with Gasteiger partial charge in [-0.05, 0) is 60.2 Å². The molecular weight excluding hydrogens is 360 g/mol. The Balaban J connectivity index is 0.000000202. The van der Waals surface area contributed by atoms with Gasteiger partial charge in [0, 0.05) is 0 Å². The second-order valence-corrected chi connectivity index (χ2v) is 12.4. The Morgan fingerprint density at radius 3 is 0.667 bits per heavy atom. The van der Waals surface area contributed by atoms with E-state index in [9.17, 15) is 0 Å². The van der Waals surface area contributed by atoms with E-state index in [-0.39, 0.29) is 0 Å². The Hall–Kier alpha value is 0. The zero-order valence-electron chi connectivity index (χ0n) is 22.5. The molecule has 4 aliphatic carbocycles. The van der Waals surface area contributed by atoms with Gasteiger partial charge in [-0.25, -0.2) is 0 Å². The first kappa shape index (κ1) is 28.0. The molecular formula is C30H60. The van der Waals surface area contributed by atoms with Gasteiger partial charge in [-0.2, -0.15) is 0 Å². The fraction of sp³-hybridized carbons (Fsp3) is 1.00. The molecule has 0 amide bonds. The van der Waals surface area contributed by atoms with Crippen molar-refractivity contribution in [1.82, 2.24) is 0 Å². The number of hydrogen-bond donors (Lipinski definition) is 0. The minimum absolute atomic E-state index is 0.935. The van der Waals surface area contributed by atoms with Crippen LogP contribution >= 0.6 is 0 Å². The predicted molar refractivity (Wildman–Crippen MR) is 138 cm³/mol. The van der Waals surface area contributed by atoms with E-state index in [0.29, 0.717) is 0 Å². The van der Waals surface area contributed by atoms with Crippen molar-refractivity contribution in [1.29, 1.82) is 0 Å². The van der Waals surface area contributed by atoms with E-state index in [1.807, 2.05) is 0 Å². The minimum Gasteiger partial charge on any atom is -0.0625 e. The van der Waals surface area contributed by atoms with Gasteiger partial charge in [-0.15, -0.1) is 0 Å². The standard InChI is InChI=1S/C9H18.C8H16.C7H14.C6H12/c1-8(2)9-6-4-3-5-7-9;1-7(2)8-5-3-4-6-8;1-6(2)7-4-3-5-7;1-5(2)6-3-4-6/h8-9H,3-7H2,1-2H3;7-8H,3-6H2,1-2H3;6-7H,3-5H2,1-2H3;5-6H,3-4H2,1-2H3. The maximum Gasteiger partial charge on any atom is -0.0391 e. The molecule has 0 aliphatic heterocycles. The third-order valence-electron chi connectivity index (χ3n) is 8.59. The Morgan fingerprint density at radius 2 is 0.533 bits per heavy atom. The predicted octanol–water partition coefficient (Wildman–Crippen LogP) is 10.6. The van der Waals surface area contributed by atoms with Crippen LogP contribution in [0, 0.1) is 47.3 Å². The summed E-state index contributed by atoms with van der Waals surface area (Å²) in [5, 5.41) is 0. The topological polar surface area (TPSA) is 0 Å². The summed E-state index contributed by atoms with van der Waals surface area (Å²) in [7, 11) is 0. The molecule has 4 fully saturated rings. The highest BCUT2D eigenvalue weighted by atomic mass is 14.3. The summed E-state index contributed by atoms with van der Waals surface area (Å²) in [6.07, 6.45) is 20.9. The van der Waals surface area contributed by atoms with Crippen molar-refractivity contribution in [2.75, 3.05) is 0 Å². The van der Waals surface area contributed by atoms with Crippen LogP contribution in [0.2, 0.25) is 0 Å². The van der Waals surface area contributed by atoms with E-state index in [1.165, 1.54) is 89.9 Å². The Labute approximate surface area is 192 Å². The van der Waals surface area contributed by atoms with Crippen molar-refractivity contribution in [3.63, 3.8) is 0 Å². The molecule has 4 rings (SSSR count). The highest BCUT2D eigenvalue weighted by molar-refractivity contribution is 4.75. The van der Waals surface area contributed by atoms with E-state index in [2.05, 4.69) is 55.4 Å². The highest BCUT2D eigenvalue weighted by Gasteiger charge is 2.24. The normalized spacial score (nSPS) is 22.8. The zero-order valence-corrected chi connectivity index (χ0v) is 22.5. The molecule has 30 heavy (non-hydrogen) atoms. The average molecular weight is 421 g/mol. The van der Waals surface area contributed by atoms with Crippen molar-refractivity contribution in [2.24, 2.45) is 47.3 Å². The lowest BCUT2D eigenvalue weighted by Gasteiger charge is -2.28. The molecule has 0 bridgehead atoms. The van der Waals surface area contributed by atoms with Crippen LogP contribution in [0.5, 0.6) is 0 Å². The second-order valence-electron chi connectivity index (χ2n) is 12.4. The summed E-state index contributed by atoms with van der Waals surface area (Å²) in [6, 6.07) is 0. The molecule has 0 atom stereocenters. The molecule has 4 saturated carbocycles. The fourth-order valence-electron chi connectivity index (χ4n) is 5.29. The molecule has 180 valence electrons. The van der Waals surface area contributed by atoms with E-state index in [0.717, 1.165) is 47.3 Å². The maximum absolute atomic E-state index is 2.36. The third-order valence-corrected chi connectivity index (χ3v) is 8.59. The van der Waals surface area contributed by atoms with Gasteiger partial charge in [0.2, 0.25) is 0 Å². The average Bonchev–Trinajstić information content (AvgIpc) is 3.37. The molecule has 0 saturated heterocycles.